The summed E-state index contributed by atoms with van der Waals surface area (Å²) in [6.45, 7) is 18.1. The minimum atomic E-state index is -0.0410. The second-order valence-corrected chi connectivity index (χ2v) is 19.6. The van der Waals surface area contributed by atoms with Gasteiger partial charge in [0.25, 0.3) is 0 Å². The van der Waals surface area contributed by atoms with E-state index in [0.29, 0.717) is 0 Å². The molecule has 0 N–H and O–H groups in total. The number of fused-ring (bicyclic) bond motifs is 20. The third kappa shape index (κ3) is 4.08. The predicted molar refractivity (Wildman–Crippen MR) is 250 cm³/mol. The van der Waals surface area contributed by atoms with Gasteiger partial charge in [-0.05, 0) is 172 Å². The molecule has 6 heterocycles. The summed E-state index contributed by atoms with van der Waals surface area (Å²) in [4.78, 5) is 10.6. The number of anilines is 4. The maximum Gasteiger partial charge on any atom is 0.422 e. The summed E-state index contributed by atoms with van der Waals surface area (Å²) in [5.74, 6) is 0. The number of aromatic nitrogens is 2. The Morgan fingerprint density at radius 3 is 1.22 bits per heavy atom. The van der Waals surface area contributed by atoms with Crippen molar-refractivity contribution in [3.05, 3.63) is 142 Å². The van der Waals surface area contributed by atoms with Crippen molar-refractivity contribution in [1.29, 1.82) is 0 Å². The van der Waals surface area contributed by atoms with Gasteiger partial charge in [0.05, 0.1) is 22.4 Å². The van der Waals surface area contributed by atoms with E-state index in [1.165, 1.54) is 141 Å². The maximum atomic E-state index is 2.68. The zero-order valence-corrected chi connectivity index (χ0v) is 35.6. The molecule has 2 aromatic heterocycles. The van der Waals surface area contributed by atoms with Crippen molar-refractivity contribution in [3.63, 3.8) is 0 Å². The fourth-order valence-corrected chi connectivity index (χ4v) is 13.4. The summed E-state index contributed by atoms with van der Waals surface area (Å²) < 4.78 is 5.36. The molecule has 9 aromatic rings. The Hall–Kier alpha value is -5.43. The van der Waals surface area contributed by atoms with Crippen molar-refractivity contribution in [2.75, 3.05) is 9.62 Å². The molecule has 4 aliphatic heterocycles. The number of benzene rings is 7. The Morgan fingerprint density at radius 2 is 0.793 bits per heavy atom. The zero-order chi connectivity index (χ0) is 39.2. The van der Waals surface area contributed by atoms with Crippen molar-refractivity contribution in [2.24, 2.45) is 0 Å². The van der Waals surface area contributed by atoms with Crippen LogP contribution in [-0.2, 0) is 0 Å². The minimum absolute atomic E-state index is 0.0410. The van der Waals surface area contributed by atoms with Crippen LogP contribution in [0.2, 0.25) is 0 Å². The van der Waals surface area contributed by atoms with Crippen LogP contribution >= 0.6 is 23.5 Å². The monoisotopic (exact) mass is 782 g/mol. The first kappa shape index (κ1) is 33.5. The van der Waals surface area contributed by atoms with Gasteiger partial charge in [-0.15, -0.1) is 0 Å². The van der Waals surface area contributed by atoms with E-state index >= 15 is 0 Å². The van der Waals surface area contributed by atoms with E-state index in [-0.39, 0.29) is 14.0 Å². The molecule has 0 spiro atoms. The molecule has 8 heteroatoms. The van der Waals surface area contributed by atoms with Crippen LogP contribution in [0.4, 0.5) is 22.7 Å². The van der Waals surface area contributed by atoms with Crippen LogP contribution in [0.3, 0.4) is 0 Å². The molecule has 4 nitrogen and oxygen atoms in total. The summed E-state index contributed by atoms with van der Waals surface area (Å²) in [5, 5.41) is 5.50. The van der Waals surface area contributed by atoms with Crippen molar-refractivity contribution in [2.45, 2.75) is 75.0 Å². The normalized spacial score (nSPS) is 14.6. The highest BCUT2D eigenvalue weighted by Gasteiger charge is 2.48. The summed E-state index contributed by atoms with van der Waals surface area (Å²) in [5.41, 5.74) is 23.8. The van der Waals surface area contributed by atoms with E-state index < -0.39 is 0 Å². The Morgan fingerprint density at radius 1 is 0.397 bits per heavy atom. The Bertz CT molecular complexity index is 3200. The van der Waals surface area contributed by atoms with Gasteiger partial charge in [-0.2, -0.15) is 0 Å². The summed E-state index contributed by atoms with van der Waals surface area (Å²) >= 11 is 3.91. The lowest BCUT2D eigenvalue weighted by Crippen LogP contribution is -2.52. The number of aryl methyl sites for hydroxylation is 8. The van der Waals surface area contributed by atoms with Gasteiger partial charge >= 0.3 is 14.0 Å². The number of nitrogens with zero attached hydrogens (tertiary/aromatic N) is 4. The molecule has 13 rings (SSSR count). The second-order valence-electron chi connectivity index (χ2n) is 17.5. The quantitative estimate of drug-likeness (QED) is 0.142. The largest absolute Gasteiger partial charge is 0.422 e. The van der Waals surface area contributed by atoms with E-state index in [0.717, 1.165) is 0 Å². The molecule has 58 heavy (non-hydrogen) atoms. The molecule has 0 atom stereocenters. The molecular weight excluding hydrogens is 742 g/mol. The van der Waals surface area contributed by atoms with Gasteiger partial charge in [0.1, 0.15) is 0 Å². The first-order valence-corrected chi connectivity index (χ1v) is 22.1. The average molecular weight is 783 g/mol. The lowest BCUT2D eigenvalue weighted by atomic mass is 9.61. The highest BCUT2D eigenvalue weighted by atomic mass is 32.2. The summed E-state index contributed by atoms with van der Waals surface area (Å²) in [6, 6.07) is 38.4. The molecule has 0 radical (unpaired) electrons. The molecule has 0 aliphatic carbocycles. The topological polar surface area (TPSA) is 16.3 Å². The predicted octanol–water partition coefficient (Wildman–Crippen LogP) is 12.1. The van der Waals surface area contributed by atoms with Crippen molar-refractivity contribution >= 4 is 115 Å². The van der Waals surface area contributed by atoms with Crippen LogP contribution in [0.15, 0.2) is 117 Å². The fourth-order valence-electron chi connectivity index (χ4n) is 10.9. The first-order valence-electron chi connectivity index (χ1n) is 20.5. The van der Waals surface area contributed by atoms with Crippen LogP contribution in [0.25, 0.3) is 43.6 Å². The van der Waals surface area contributed by atoms with Gasteiger partial charge in [-0.25, -0.2) is 0 Å². The molecule has 0 saturated carbocycles. The second kappa shape index (κ2) is 11.2. The van der Waals surface area contributed by atoms with Crippen LogP contribution in [0.1, 0.15) is 44.5 Å². The molecule has 0 unspecified atom stereocenters. The first-order chi connectivity index (χ1) is 28.0. The van der Waals surface area contributed by atoms with Crippen molar-refractivity contribution in [1.82, 2.24) is 8.96 Å². The third-order valence-electron chi connectivity index (χ3n) is 13.8. The number of hydrogen-bond donors (Lipinski definition) is 0. The molecule has 0 amide bonds. The standard InChI is InChI=1S/C50H40B2N4S2/c1-25-9-13-37-33(17-25)47-31(7)29(5)21-41-49(47)55(37)51-35-23-44-36(24-43(35)57-45-19-27(3)11-15-39(45)53(41)51)52-54(40-16-12-28(4)20-46(40)58-44)42-22-30(6)32(8)48-34-18-26(2)10-14-38(34)56(52)50(42)48/h9-24H,1-8H3. The summed E-state index contributed by atoms with van der Waals surface area (Å²) in [7, 11) is 0. The van der Waals surface area contributed by atoms with E-state index in [1.54, 1.807) is 0 Å². The Kier molecular flexibility index (Phi) is 6.47. The van der Waals surface area contributed by atoms with Gasteiger partial charge < -0.3 is 18.6 Å². The molecule has 0 saturated heterocycles. The van der Waals surface area contributed by atoms with E-state index in [4.69, 9.17) is 0 Å². The Labute approximate surface area is 348 Å². The lowest BCUT2D eigenvalue weighted by molar-refractivity contribution is 1.26. The molecule has 7 aromatic carbocycles. The van der Waals surface area contributed by atoms with Gasteiger partial charge in [-0.3, -0.25) is 0 Å². The SMILES string of the molecule is Cc1ccc2c(c1)Sc1cc3c(cc1B1N2c2cc(C)c(C)c4c5cc(C)ccc5n1c24)Sc1cc(C)ccc1N1B3n2c3ccc(C)cc3c3c(C)c(C)cc1c32. The maximum absolute atomic E-state index is 2.68. The van der Waals surface area contributed by atoms with Crippen LogP contribution < -0.4 is 20.5 Å². The van der Waals surface area contributed by atoms with Gasteiger partial charge in [-0.1, -0.05) is 58.9 Å². The third-order valence-corrected chi connectivity index (χ3v) is 16.1. The highest BCUT2D eigenvalue weighted by molar-refractivity contribution is 8.00. The van der Waals surface area contributed by atoms with E-state index in [9.17, 15) is 0 Å². The molecular formula is C50H40B2N4S2. The van der Waals surface area contributed by atoms with Crippen molar-refractivity contribution in [3.8, 4) is 0 Å². The molecule has 4 aliphatic rings. The van der Waals surface area contributed by atoms with E-state index in [1.807, 2.05) is 23.5 Å². The van der Waals surface area contributed by atoms with Crippen molar-refractivity contribution < 1.29 is 0 Å². The minimum Gasteiger partial charge on any atom is -0.359 e. The lowest BCUT2D eigenvalue weighted by Gasteiger charge is -2.28. The average Bonchev–Trinajstić information content (AvgIpc) is 3.85. The smallest absolute Gasteiger partial charge is 0.359 e. The van der Waals surface area contributed by atoms with Crippen LogP contribution in [0, 0.1) is 55.4 Å². The van der Waals surface area contributed by atoms with Gasteiger partial charge in [0.15, 0.2) is 0 Å². The molecule has 0 fully saturated rings. The van der Waals surface area contributed by atoms with E-state index in [2.05, 4.69) is 171 Å². The highest BCUT2D eigenvalue weighted by Crippen LogP contribution is 2.54. The number of rotatable bonds is 0. The van der Waals surface area contributed by atoms with Gasteiger partial charge in [0, 0.05) is 63.5 Å². The zero-order valence-electron chi connectivity index (χ0n) is 34.0. The Balaban J connectivity index is 1.15. The van der Waals surface area contributed by atoms with Crippen LogP contribution in [-0.4, -0.2) is 22.9 Å². The molecule has 278 valence electrons. The summed E-state index contributed by atoms with van der Waals surface area (Å²) in [6.07, 6.45) is 0. The molecule has 0 bridgehead atoms. The fraction of sp³-hybridized carbons (Fsp3) is 0.160. The number of hydrogen-bond acceptors (Lipinski definition) is 4. The van der Waals surface area contributed by atoms with Gasteiger partial charge in [0.2, 0.25) is 0 Å². The van der Waals surface area contributed by atoms with Crippen LogP contribution in [0.5, 0.6) is 0 Å².